The zero-order valence-corrected chi connectivity index (χ0v) is 10.2. The molecule has 0 heterocycles. The molecule has 0 spiro atoms. The van der Waals surface area contributed by atoms with Crippen molar-refractivity contribution in [2.75, 3.05) is 0 Å². The maximum absolute atomic E-state index is 10.5. The van der Waals surface area contributed by atoms with Gasteiger partial charge in [-0.3, -0.25) is 0 Å². The SMILES string of the molecule is CCC(CC)Oc1ccccc1C=CC(=O)O. The van der Waals surface area contributed by atoms with Gasteiger partial charge in [0.2, 0.25) is 0 Å². The first-order valence-electron chi connectivity index (χ1n) is 5.84. The van der Waals surface area contributed by atoms with Crippen LogP contribution in [0.4, 0.5) is 0 Å². The summed E-state index contributed by atoms with van der Waals surface area (Å²) >= 11 is 0. The van der Waals surface area contributed by atoms with Gasteiger partial charge in [-0.1, -0.05) is 32.0 Å². The van der Waals surface area contributed by atoms with Gasteiger partial charge in [0.05, 0.1) is 6.10 Å². The van der Waals surface area contributed by atoms with E-state index in [4.69, 9.17) is 9.84 Å². The third-order valence-electron chi connectivity index (χ3n) is 2.53. The molecule has 0 bridgehead atoms. The molecule has 0 radical (unpaired) electrons. The second-order valence-electron chi connectivity index (χ2n) is 3.77. The molecule has 0 aliphatic heterocycles. The number of carboxylic acid groups (broad SMARTS) is 1. The van der Waals surface area contributed by atoms with E-state index in [2.05, 4.69) is 13.8 Å². The Morgan fingerprint density at radius 1 is 1.35 bits per heavy atom. The van der Waals surface area contributed by atoms with E-state index in [1.54, 1.807) is 6.08 Å². The fourth-order valence-corrected chi connectivity index (χ4v) is 1.52. The van der Waals surface area contributed by atoms with Crippen LogP contribution in [0, 0.1) is 0 Å². The Bertz CT molecular complexity index is 392. The number of aliphatic carboxylic acids is 1. The van der Waals surface area contributed by atoms with E-state index in [9.17, 15) is 4.79 Å². The van der Waals surface area contributed by atoms with Crippen molar-refractivity contribution >= 4 is 12.0 Å². The average molecular weight is 234 g/mol. The first kappa shape index (κ1) is 13.3. The van der Waals surface area contributed by atoms with Crippen molar-refractivity contribution in [2.24, 2.45) is 0 Å². The molecule has 3 heteroatoms. The van der Waals surface area contributed by atoms with Crippen molar-refractivity contribution in [3.63, 3.8) is 0 Å². The maximum atomic E-state index is 10.5. The molecule has 1 aromatic rings. The molecule has 1 N–H and O–H groups in total. The molecule has 0 aliphatic rings. The highest BCUT2D eigenvalue weighted by Crippen LogP contribution is 2.22. The highest BCUT2D eigenvalue weighted by Gasteiger charge is 2.07. The molecule has 0 saturated heterocycles. The van der Waals surface area contributed by atoms with Crippen molar-refractivity contribution in [2.45, 2.75) is 32.8 Å². The summed E-state index contributed by atoms with van der Waals surface area (Å²) in [6, 6.07) is 7.45. The standard InChI is InChI=1S/C14H18O3/c1-3-12(4-2)17-13-8-6-5-7-11(13)9-10-14(15)16/h5-10,12H,3-4H2,1-2H3,(H,15,16). The van der Waals surface area contributed by atoms with Gasteiger partial charge < -0.3 is 9.84 Å². The minimum atomic E-state index is -0.956. The maximum Gasteiger partial charge on any atom is 0.328 e. The number of ether oxygens (including phenoxy) is 1. The lowest BCUT2D eigenvalue weighted by molar-refractivity contribution is -0.131. The molecule has 1 aromatic carbocycles. The van der Waals surface area contributed by atoms with Gasteiger partial charge in [-0.2, -0.15) is 0 Å². The average Bonchev–Trinajstić information content (AvgIpc) is 2.34. The van der Waals surface area contributed by atoms with Crippen LogP contribution in [0.1, 0.15) is 32.3 Å². The smallest absolute Gasteiger partial charge is 0.328 e. The van der Waals surface area contributed by atoms with Crippen LogP contribution >= 0.6 is 0 Å². The van der Waals surface area contributed by atoms with Crippen LogP contribution in [0.3, 0.4) is 0 Å². The Kier molecular flexibility index (Phi) is 5.27. The Hall–Kier alpha value is -1.77. The fraction of sp³-hybridized carbons (Fsp3) is 0.357. The van der Waals surface area contributed by atoms with Crippen LogP contribution < -0.4 is 4.74 Å². The lowest BCUT2D eigenvalue weighted by atomic mass is 10.1. The molecule has 0 atom stereocenters. The molecule has 0 amide bonds. The quantitative estimate of drug-likeness (QED) is 0.768. The van der Waals surface area contributed by atoms with Crippen molar-refractivity contribution in [3.05, 3.63) is 35.9 Å². The molecule has 0 saturated carbocycles. The van der Waals surface area contributed by atoms with Gasteiger partial charge in [0.1, 0.15) is 5.75 Å². The molecule has 0 aromatic heterocycles. The van der Waals surface area contributed by atoms with Crippen LogP contribution in [0.5, 0.6) is 5.75 Å². The van der Waals surface area contributed by atoms with Gasteiger partial charge in [0.15, 0.2) is 0 Å². The Morgan fingerprint density at radius 2 is 2.00 bits per heavy atom. The molecular weight excluding hydrogens is 216 g/mol. The molecule has 0 aliphatic carbocycles. The van der Waals surface area contributed by atoms with Crippen LogP contribution in [0.2, 0.25) is 0 Å². The van der Waals surface area contributed by atoms with Crippen LogP contribution in [-0.4, -0.2) is 17.2 Å². The van der Waals surface area contributed by atoms with Gasteiger partial charge in [0, 0.05) is 11.6 Å². The highest BCUT2D eigenvalue weighted by atomic mass is 16.5. The summed E-state index contributed by atoms with van der Waals surface area (Å²) in [7, 11) is 0. The number of carboxylic acids is 1. The summed E-state index contributed by atoms with van der Waals surface area (Å²) in [6.45, 7) is 4.15. The number of benzene rings is 1. The van der Waals surface area contributed by atoms with E-state index in [0.717, 1.165) is 30.2 Å². The summed E-state index contributed by atoms with van der Waals surface area (Å²) < 4.78 is 5.83. The van der Waals surface area contributed by atoms with Gasteiger partial charge in [-0.05, 0) is 25.0 Å². The zero-order valence-electron chi connectivity index (χ0n) is 10.2. The van der Waals surface area contributed by atoms with Crippen molar-refractivity contribution < 1.29 is 14.6 Å². The Balaban J connectivity index is 2.87. The van der Waals surface area contributed by atoms with Gasteiger partial charge >= 0.3 is 5.97 Å². The minimum absolute atomic E-state index is 0.175. The molecule has 92 valence electrons. The van der Waals surface area contributed by atoms with E-state index < -0.39 is 5.97 Å². The highest BCUT2D eigenvalue weighted by molar-refractivity contribution is 5.85. The predicted molar refractivity (Wildman–Crippen MR) is 68.1 cm³/mol. The number of para-hydroxylation sites is 1. The number of rotatable bonds is 6. The van der Waals surface area contributed by atoms with Gasteiger partial charge in [-0.15, -0.1) is 0 Å². The van der Waals surface area contributed by atoms with E-state index in [0.29, 0.717) is 0 Å². The topological polar surface area (TPSA) is 46.5 Å². The Labute approximate surface area is 102 Å². The third-order valence-corrected chi connectivity index (χ3v) is 2.53. The lowest BCUT2D eigenvalue weighted by Crippen LogP contribution is -2.14. The van der Waals surface area contributed by atoms with Crippen LogP contribution in [0.15, 0.2) is 30.3 Å². The summed E-state index contributed by atoms with van der Waals surface area (Å²) in [5.74, 6) is -0.221. The van der Waals surface area contributed by atoms with Crippen molar-refractivity contribution in [3.8, 4) is 5.75 Å². The summed E-state index contributed by atoms with van der Waals surface area (Å²) in [6.07, 6.45) is 4.73. The lowest BCUT2D eigenvalue weighted by Gasteiger charge is -2.17. The Morgan fingerprint density at radius 3 is 2.59 bits per heavy atom. The number of hydrogen-bond donors (Lipinski definition) is 1. The normalized spacial score (nSPS) is 11.0. The molecule has 0 unspecified atom stereocenters. The summed E-state index contributed by atoms with van der Waals surface area (Å²) in [4.78, 5) is 10.5. The first-order chi connectivity index (χ1) is 8.17. The van der Waals surface area contributed by atoms with Crippen LogP contribution in [0.25, 0.3) is 6.08 Å². The largest absolute Gasteiger partial charge is 0.490 e. The third kappa shape index (κ3) is 4.31. The minimum Gasteiger partial charge on any atom is -0.490 e. The van der Waals surface area contributed by atoms with E-state index in [-0.39, 0.29) is 6.10 Å². The van der Waals surface area contributed by atoms with Crippen LogP contribution in [-0.2, 0) is 4.79 Å². The van der Waals surface area contributed by atoms with Gasteiger partial charge in [-0.25, -0.2) is 4.79 Å². The van der Waals surface area contributed by atoms with Crippen molar-refractivity contribution in [1.29, 1.82) is 0 Å². The zero-order chi connectivity index (χ0) is 12.7. The molecule has 1 rings (SSSR count). The second-order valence-corrected chi connectivity index (χ2v) is 3.77. The van der Waals surface area contributed by atoms with E-state index >= 15 is 0 Å². The first-order valence-corrected chi connectivity index (χ1v) is 5.84. The molecule has 17 heavy (non-hydrogen) atoms. The molecule has 0 fully saturated rings. The number of hydrogen-bond acceptors (Lipinski definition) is 2. The summed E-state index contributed by atoms with van der Waals surface area (Å²) in [5.41, 5.74) is 0.793. The predicted octanol–water partition coefficient (Wildman–Crippen LogP) is 3.35. The van der Waals surface area contributed by atoms with E-state index in [1.165, 1.54) is 0 Å². The molecule has 3 nitrogen and oxygen atoms in total. The molecular formula is C14H18O3. The van der Waals surface area contributed by atoms with Crippen molar-refractivity contribution in [1.82, 2.24) is 0 Å². The fourth-order valence-electron chi connectivity index (χ4n) is 1.52. The number of carbonyl (C=O) groups is 1. The van der Waals surface area contributed by atoms with E-state index in [1.807, 2.05) is 24.3 Å². The summed E-state index contributed by atoms with van der Waals surface area (Å²) in [5, 5.41) is 8.61. The van der Waals surface area contributed by atoms with Gasteiger partial charge in [0.25, 0.3) is 0 Å². The monoisotopic (exact) mass is 234 g/mol. The second kappa shape index (κ2) is 6.74.